The number of carbonyl (C=O) groups excluding carboxylic acids is 1. The zero-order valence-corrected chi connectivity index (χ0v) is 14.6. The number of aromatic nitrogens is 1. The second kappa shape index (κ2) is 6.48. The molecule has 1 aliphatic carbocycles. The second-order valence-electron chi connectivity index (χ2n) is 6.97. The highest BCUT2D eigenvalue weighted by Crippen LogP contribution is 2.50. The van der Waals surface area contributed by atoms with E-state index in [4.69, 9.17) is 4.74 Å². The van der Waals surface area contributed by atoms with Gasteiger partial charge in [-0.3, -0.25) is 4.79 Å². The molecular weight excluding hydrogens is 331 g/mol. The Hall–Kier alpha value is -2.82. The predicted molar refractivity (Wildman–Crippen MR) is 98.9 cm³/mol. The highest BCUT2D eigenvalue weighted by molar-refractivity contribution is 5.85. The Bertz CT molecular complexity index is 942. The molecule has 26 heavy (non-hydrogen) atoms. The zero-order chi connectivity index (χ0) is 18.1. The van der Waals surface area contributed by atoms with Gasteiger partial charge in [0.2, 0.25) is 5.91 Å². The van der Waals surface area contributed by atoms with Crippen LogP contribution in [0.3, 0.4) is 0 Å². The van der Waals surface area contributed by atoms with E-state index in [1.165, 1.54) is 6.07 Å². The van der Waals surface area contributed by atoms with E-state index < -0.39 is 0 Å². The fourth-order valence-corrected chi connectivity index (χ4v) is 3.48. The van der Waals surface area contributed by atoms with Gasteiger partial charge < -0.3 is 15.0 Å². The smallest absolute Gasteiger partial charge is 0.224 e. The molecule has 0 saturated heterocycles. The first-order valence-electron chi connectivity index (χ1n) is 8.76. The second-order valence-corrected chi connectivity index (χ2v) is 6.97. The third-order valence-electron chi connectivity index (χ3n) is 5.22. The molecule has 2 N–H and O–H groups in total. The van der Waals surface area contributed by atoms with Crippen LogP contribution < -0.4 is 10.1 Å². The number of aromatic amines is 1. The van der Waals surface area contributed by atoms with Gasteiger partial charge in [-0.1, -0.05) is 12.1 Å². The van der Waals surface area contributed by atoms with Gasteiger partial charge in [-0.15, -0.1) is 0 Å². The minimum Gasteiger partial charge on any atom is -0.497 e. The number of rotatable bonds is 6. The number of amides is 1. The van der Waals surface area contributed by atoms with Gasteiger partial charge in [0, 0.05) is 29.1 Å². The molecule has 0 bridgehead atoms. The van der Waals surface area contributed by atoms with Gasteiger partial charge in [-0.25, -0.2) is 4.39 Å². The molecule has 1 amide bonds. The number of hydrogen-bond acceptors (Lipinski definition) is 2. The lowest BCUT2D eigenvalue weighted by Gasteiger charge is -2.16. The number of halogens is 1. The van der Waals surface area contributed by atoms with Gasteiger partial charge in [-0.05, 0) is 54.3 Å². The highest BCUT2D eigenvalue weighted by atomic mass is 19.1. The Morgan fingerprint density at radius 1 is 1.23 bits per heavy atom. The van der Waals surface area contributed by atoms with E-state index in [9.17, 15) is 9.18 Å². The van der Waals surface area contributed by atoms with Gasteiger partial charge in [0.15, 0.2) is 0 Å². The summed E-state index contributed by atoms with van der Waals surface area (Å²) in [6, 6.07) is 12.3. The summed E-state index contributed by atoms with van der Waals surface area (Å²) in [5.74, 6) is 0.530. The summed E-state index contributed by atoms with van der Waals surface area (Å²) in [6.07, 6.45) is 4.29. The van der Waals surface area contributed by atoms with E-state index in [2.05, 4.69) is 10.3 Å². The van der Waals surface area contributed by atoms with E-state index in [1.54, 1.807) is 19.2 Å². The number of ether oxygens (including phenoxy) is 1. The normalized spacial score (nSPS) is 15.0. The SMILES string of the molecule is COc1ccc(CC(=O)NCC2(c3c[nH]c4ccc(F)cc34)CC2)cc1. The number of nitrogens with one attached hydrogen (secondary N) is 2. The fourth-order valence-electron chi connectivity index (χ4n) is 3.48. The molecule has 1 aliphatic rings. The molecule has 0 radical (unpaired) electrons. The maximum absolute atomic E-state index is 13.6. The molecule has 0 unspecified atom stereocenters. The lowest BCUT2D eigenvalue weighted by atomic mass is 9.95. The number of carbonyl (C=O) groups is 1. The first-order chi connectivity index (χ1) is 12.6. The highest BCUT2D eigenvalue weighted by Gasteiger charge is 2.45. The Morgan fingerprint density at radius 3 is 2.69 bits per heavy atom. The predicted octanol–water partition coefficient (Wildman–Crippen LogP) is 3.71. The monoisotopic (exact) mass is 352 g/mol. The minimum atomic E-state index is -0.238. The average molecular weight is 352 g/mol. The van der Waals surface area contributed by atoms with Crippen LogP contribution in [0.1, 0.15) is 24.0 Å². The first-order valence-corrected chi connectivity index (χ1v) is 8.76. The number of hydrogen-bond donors (Lipinski definition) is 2. The quantitative estimate of drug-likeness (QED) is 0.711. The molecule has 1 fully saturated rings. The summed E-state index contributed by atoms with van der Waals surface area (Å²) in [4.78, 5) is 15.5. The van der Waals surface area contributed by atoms with Crippen molar-refractivity contribution in [3.8, 4) is 5.75 Å². The minimum absolute atomic E-state index is 0.00698. The molecule has 5 heteroatoms. The van der Waals surface area contributed by atoms with Crippen LogP contribution in [0.5, 0.6) is 5.75 Å². The summed E-state index contributed by atoms with van der Waals surface area (Å²) >= 11 is 0. The van der Waals surface area contributed by atoms with Crippen molar-refractivity contribution in [2.75, 3.05) is 13.7 Å². The van der Waals surface area contributed by atoms with Crippen LogP contribution in [0.15, 0.2) is 48.7 Å². The van der Waals surface area contributed by atoms with Gasteiger partial charge >= 0.3 is 0 Å². The van der Waals surface area contributed by atoms with Crippen molar-refractivity contribution in [1.29, 1.82) is 0 Å². The maximum atomic E-state index is 13.6. The summed E-state index contributed by atoms with van der Waals surface area (Å²) in [5.41, 5.74) is 2.89. The summed E-state index contributed by atoms with van der Waals surface area (Å²) in [6.45, 7) is 0.575. The number of fused-ring (bicyclic) bond motifs is 1. The third-order valence-corrected chi connectivity index (χ3v) is 5.22. The molecular formula is C21H21FN2O2. The van der Waals surface area contributed by atoms with Crippen molar-refractivity contribution >= 4 is 16.8 Å². The molecule has 1 heterocycles. The van der Waals surface area contributed by atoms with Crippen LogP contribution in [0, 0.1) is 5.82 Å². The summed E-state index contributed by atoms with van der Waals surface area (Å²) in [7, 11) is 1.62. The van der Waals surface area contributed by atoms with Crippen LogP contribution in [0.25, 0.3) is 10.9 Å². The van der Waals surface area contributed by atoms with E-state index >= 15 is 0 Å². The molecule has 1 saturated carbocycles. The number of benzene rings is 2. The molecule has 134 valence electrons. The Kier molecular flexibility index (Phi) is 4.15. The van der Waals surface area contributed by atoms with Crippen molar-refractivity contribution in [1.82, 2.24) is 10.3 Å². The lowest BCUT2D eigenvalue weighted by molar-refractivity contribution is -0.120. The van der Waals surface area contributed by atoms with Crippen LogP contribution in [0.4, 0.5) is 4.39 Å². The van der Waals surface area contributed by atoms with Gasteiger partial charge in [0.25, 0.3) is 0 Å². The zero-order valence-electron chi connectivity index (χ0n) is 14.6. The molecule has 3 aromatic rings. The van der Waals surface area contributed by atoms with E-state index in [1.807, 2.05) is 30.5 Å². The molecule has 2 aromatic carbocycles. The maximum Gasteiger partial charge on any atom is 0.224 e. The molecule has 0 atom stereocenters. The van der Waals surface area contributed by atoms with Crippen LogP contribution in [-0.2, 0) is 16.6 Å². The molecule has 0 aliphatic heterocycles. The molecule has 4 rings (SSSR count). The lowest BCUT2D eigenvalue weighted by Crippen LogP contribution is -2.33. The van der Waals surface area contributed by atoms with Crippen molar-refractivity contribution < 1.29 is 13.9 Å². The van der Waals surface area contributed by atoms with Gasteiger partial charge in [-0.2, -0.15) is 0 Å². The van der Waals surface area contributed by atoms with E-state index in [0.29, 0.717) is 13.0 Å². The van der Waals surface area contributed by atoms with Crippen molar-refractivity contribution in [2.45, 2.75) is 24.7 Å². The van der Waals surface area contributed by atoms with E-state index in [-0.39, 0.29) is 17.1 Å². The third kappa shape index (κ3) is 3.17. The standard InChI is InChI=1S/C21H21FN2O2/c1-26-16-5-2-14(3-6-16)10-20(25)24-13-21(8-9-21)18-12-23-19-7-4-15(22)11-17(18)19/h2-7,11-12,23H,8-10,13H2,1H3,(H,24,25). The van der Waals surface area contributed by atoms with E-state index in [0.717, 1.165) is 40.6 Å². The number of methoxy groups -OCH3 is 1. The van der Waals surface area contributed by atoms with Gasteiger partial charge in [0.05, 0.1) is 13.5 Å². The van der Waals surface area contributed by atoms with Crippen LogP contribution in [0.2, 0.25) is 0 Å². The largest absolute Gasteiger partial charge is 0.497 e. The Balaban J connectivity index is 1.43. The van der Waals surface area contributed by atoms with Crippen LogP contribution >= 0.6 is 0 Å². The summed E-state index contributed by atoms with van der Waals surface area (Å²) < 4.78 is 18.7. The molecule has 1 aromatic heterocycles. The van der Waals surface area contributed by atoms with Crippen molar-refractivity contribution in [3.05, 3.63) is 65.6 Å². The average Bonchev–Trinajstić information content (AvgIpc) is 3.32. The summed E-state index contributed by atoms with van der Waals surface area (Å²) in [5, 5.41) is 3.96. The van der Waals surface area contributed by atoms with Crippen molar-refractivity contribution in [3.63, 3.8) is 0 Å². The fraction of sp³-hybridized carbons (Fsp3) is 0.286. The Labute approximate surface area is 151 Å². The Morgan fingerprint density at radius 2 is 2.00 bits per heavy atom. The first kappa shape index (κ1) is 16.6. The molecule has 0 spiro atoms. The van der Waals surface area contributed by atoms with Gasteiger partial charge in [0.1, 0.15) is 11.6 Å². The topological polar surface area (TPSA) is 54.1 Å². The van der Waals surface area contributed by atoms with Crippen molar-refractivity contribution in [2.24, 2.45) is 0 Å². The van der Waals surface area contributed by atoms with Crippen LogP contribution in [-0.4, -0.2) is 24.5 Å². The number of H-pyrrole nitrogens is 1. The molecule has 4 nitrogen and oxygen atoms in total.